The van der Waals surface area contributed by atoms with Crippen molar-refractivity contribution in [3.8, 4) is 6.07 Å². The van der Waals surface area contributed by atoms with Gasteiger partial charge in [0, 0.05) is 17.8 Å². The van der Waals surface area contributed by atoms with Gasteiger partial charge in [-0.15, -0.1) is 0 Å². The molecule has 0 bridgehead atoms. The topological polar surface area (TPSA) is 61.8 Å². The highest BCUT2D eigenvalue weighted by Crippen LogP contribution is 2.26. The molecule has 0 aromatic heterocycles. The summed E-state index contributed by atoms with van der Waals surface area (Å²) in [6.07, 6.45) is 6.01. The van der Waals surface area contributed by atoms with Crippen molar-refractivity contribution >= 4 is 5.69 Å². The number of nitrogens with one attached hydrogen (secondary N) is 1. The molecule has 3 N–H and O–H groups in total. The van der Waals surface area contributed by atoms with Gasteiger partial charge in [-0.2, -0.15) is 5.26 Å². The van der Waals surface area contributed by atoms with Crippen LogP contribution in [-0.4, -0.2) is 12.1 Å². The van der Waals surface area contributed by atoms with Crippen LogP contribution in [0, 0.1) is 11.3 Å². The van der Waals surface area contributed by atoms with Crippen molar-refractivity contribution in [3.63, 3.8) is 0 Å². The lowest BCUT2D eigenvalue weighted by molar-refractivity contribution is 0.311. The molecule has 1 saturated carbocycles. The maximum absolute atomic E-state index is 8.71. The maximum atomic E-state index is 8.71. The van der Waals surface area contributed by atoms with Gasteiger partial charge in [0.2, 0.25) is 0 Å². The van der Waals surface area contributed by atoms with E-state index in [0.29, 0.717) is 5.56 Å². The fourth-order valence-electron chi connectivity index (χ4n) is 2.37. The molecular formula is C14H19N3. The maximum Gasteiger partial charge on any atom is 0.0991 e. The van der Waals surface area contributed by atoms with E-state index in [-0.39, 0.29) is 5.54 Å². The van der Waals surface area contributed by atoms with Crippen LogP contribution in [0.15, 0.2) is 24.3 Å². The fraction of sp³-hybridized carbons (Fsp3) is 0.500. The quantitative estimate of drug-likeness (QED) is 0.837. The third-order valence-electron chi connectivity index (χ3n) is 3.51. The van der Waals surface area contributed by atoms with Crippen LogP contribution in [0.4, 0.5) is 5.69 Å². The molecule has 17 heavy (non-hydrogen) atoms. The Kier molecular flexibility index (Phi) is 3.65. The first kappa shape index (κ1) is 11.9. The van der Waals surface area contributed by atoms with Gasteiger partial charge in [0.05, 0.1) is 11.6 Å². The lowest BCUT2D eigenvalue weighted by atomic mass is 9.82. The summed E-state index contributed by atoms with van der Waals surface area (Å²) in [5.41, 5.74) is 8.03. The Balaban J connectivity index is 1.90. The summed E-state index contributed by atoms with van der Waals surface area (Å²) < 4.78 is 0. The Bertz CT molecular complexity index is 396. The van der Waals surface area contributed by atoms with Crippen molar-refractivity contribution in [3.05, 3.63) is 29.8 Å². The molecule has 0 spiro atoms. The zero-order chi connectivity index (χ0) is 12.1. The number of benzene rings is 1. The molecule has 1 aromatic carbocycles. The zero-order valence-electron chi connectivity index (χ0n) is 10.1. The number of hydrogen-bond donors (Lipinski definition) is 2. The molecule has 0 aliphatic heterocycles. The van der Waals surface area contributed by atoms with Crippen LogP contribution in [0.2, 0.25) is 0 Å². The molecule has 3 nitrogen and oxygen atoms in total. The molecule has 90 valence electrons. The molecule has 0 unspecified atom stereocenters. The molecule has 1 fully saturated rings. The average Bonchev–Trinajstić information content (AvgIpc) is 2.38. The summed E-state index contributed by atoms with van der Waals surface area (Å²) in [6, 6.07) is 9.64. The molecular weight excluding hydrogens is 210 g/mol. The first-order chi connectivity index (χ1) is 8.22. The Morgan fingerprint density at radius 2 is 1.82 bits per heavy atom. The average molecular weight is 229 g/mol. The Hall–Kier alpha value is -1.53. The van der Waals surface area contributed by atoms with Crippen molar-refractivity contribution in [1.82, 2.24) is 0 Å². The molecule has 0 saturated heterocycles. The second-order valence-corrected chi connectivity index (χ2v) is 4.97. The van der Waals surface area contributed by atoms with Gasteiger partial charge in [-0.25, -0.2) is 0 Å². The van der Waals surface area contributed by atoms with Crippen molar-refractivity contribution < 1.29 is 0 Å². The zero-order valence-corrected chi connectivity index (χ0v) is 10.1. The van der Waals surface area contributed by atoms with Crippen molar-refractivity contribution in [2.75, 3.05) is 11.9 Å². The smallest absolute Gasteiger partial charge is 0.0991 e. The van der Waals surface area contributed by atoms with Crippen LogP contribution in [0.3, 0.4) is 0 Å². The number of nitrogens with two attached hydrogens (primary N) is 1. The largest absolute Gasteiger partial charge is 0.383 e. The van der Waals surface area contributed by atoms with Crippen LogP contribution < -0.4 is 11.1 Å². The molecule has 0 heterocycles. The minimum atomic E-state index is -0.0495. The lowest BCUT2D eigenvalue weighted by Gasteiger charge is -2.33. The molecule has 0 radical (unpaired) electrons. The summed E-state index contributed by atoms with van der Waals surface area (Å²) in [7, 11) is 0. The van der Waals surface area contributed by atoms with Gasteiger partial charge in [0.25, 0.3) is 0 Å². The second kappa shape index (κ2) is 5.20. The van der Waals surface area contributed by atoms with E-state index >= 15 is 0 Å². The van der Waals surface area contributed by atoms with Crippen LogP contribution in [0.25, 0.3) is 0 Å². The van der Waals surface area contributed by atoms with Crippen LogP contribution in [0.5, 0.6) is 0 Å². The Labute approximate surface area is 103 Å². The minimum Gasteiger partial charge on any atom is -0.383 e. The van der Waals surface area contributed by atoms with Gasteiger partial charge >= 0.3 is 0 Å². The van der Waals surface area contributed by atoms with E-state index in [9.17, 15) is 0 Å². The Morgan fingerprint density at radius 1 is 1.18 bits per heavy atom. The predicted molar refractivity (Wildman–Crippen MR) is 69.7 cm³/mol. The van der Waals surface area contributed by atoms with Crippen molar-refractivity contribution in [1.29, 1.82) is 5.26 Å². The fourth-order valence-corrected chi connectivity index (χ4v) is 2.37. The summed E-state index contributed by atoms with van der Waals surface area (Å²) in [6.45, 7) is 0.818. The summed E-state index contributed by atoms with van der Waals surface area (Å²) in [5, 5.41) is 12.1. The molecule has 1 aromatic rings. The molecule has 0 amide bonds. The van der Waals surface area contributed by atoms with Crippen LogP contribution in [-0.2, 0) is 0 Å². The summed E-state index contributed by atoms with van der Waals surface area (Å²) in [5.74, 6) is 0. The van der Waals surface area contributed by atoms with Crippen molar-refractivity contribution in [2.24, 2.45) is 5.73 Å². The monoisotopic (exact) mass is 229 g/mol. The number of nitriles is 1. The number of rotatable bonds is 3. The number of anilines is 1. The molecule has 0 atom stereocenters. The van der Waals surface area contributed by atoms with Gasteiger partial charge in [-0.1, -0.05) is 19.3 Å². The highest BCUT2D eigenvalue weighted by molar-refractivity contribution is 5.47. The summed E-state index contributed by atoms with van der Waals surface area (Å²) in [4.78, 5) is 0. The van der Waals surface area contributed by atoms with Gasteiger partial charge in [0.15, 0.2) is 0 Å². The van der Waals surface area contributed by atoms with Gasteiger partial charge in [0.1, 0.15) is 0 Å². The van der Waals surface area contributed by atoms with Gasteiger partial charge in [-0.05, 0) is 37.1 Å². The highest BCUT2D eigenvalue weighted by atomic mass is 14.9. The molecule has 1 aliphatic carbocycles. The van der Waals surface area contributed by atoms with E-state index in [2.05, 4.69) is 11.4 Å². The standard InChI is InChI=1S/C14H19N3/c15-10-12-4-6-13(7-5-12)17-11-14(16)8-2-1-3-9-14/h4-7,17H,1-3,8-9,11,16H2. The van der Waals surface area contributed by atoms with Gasteiger partial charge in [-0.3, -0.25) is 0 Å². The second-order valence-electron chi connectivity index (χ2n) is 4.97. The molecule has 1 aliphatic rings. The molecule has 2 rings (SSSR count). The van der Waals surface area contributed by atoms with Crippen LogP contribution >= 0.6 is 0 Å². The van der Waals surface area contributed by atoms with E-state index in [1.807, 2.05) is 24.3 Å². The number of hydrogen-bond acceptors (Lipinski definition) is 3. The van der Waals surface area contributed by atoms with E-state index in [1.54, 1.807) is 0 Å². The normalized spacial score (nSPS) is 18.4. The molecule has 3 heteroatoms. The van der Waals surface area contributed by atoms with Crippen molar-refractivity contribution in [2.45, 2.75) is 37.6 Å². The SMILES string of the molecule is N#Cc1ccc(NCC2(N)CCCCC2)cc1. The lowest BCUT2D eigenvalue weighted by Crippen LogP contribution is -2.47. The van der Waals surface area contributed by atoms with E-state index in [0.717, 1.165) is 25.1 Å². The number of nitrogens with zero attached hydrogens (tertiary/aromatic N) is 1. The van der Waals surface area contributed by atoms with E-state index in [4.69, 9.17) is 11.0 Å². The first-order valence-electron chi connectivity index (χ1n) is 6.25. The van der Waals surface area contributed by atoms with Crippen LogP contribution in [0.1, 0.15) is 37.7 Å². The highest BCUT2D eigenvalue weighted by Gasteiger charge is 2.26. The third kappa shape index (κ3) is 3.21. The third-order valence-corrected chi connectivity index (χ3v) is 3.51. The van der Waals surface area contributed by atoms with Gasteiger partial charge < -0.3 is 11.1 Å². The Morgan fingerprint density at radius 3 is 2.41 bits per heavy atom. The minimum absolute atomic E-state index is 0.0495. The first-order valence-corrected chi connectivity index (χ1v) is 6.25. The van der Waals surface area contributed by atoms with E-state index in [1.165, 1.54) is 19.3 Å². The summed E-state index contributed by atoms with van der Waals surface area (Å²) >= 11 is 0. The predicted octanol–water partition coefficient (Wildman–Crippen LogP) is 2.63. The van der Waals surface area contributed by atoms with E-state index < -0.39 is 0 Å².